The van der Waals surface area contributed by atoms with E-state index in [4.69, 9.17) is 5.73 Å². The maximum Gasteiger partial charge on any atom is 0.0358 e. The molecule has 0 aliphatic rings. The van der Waals surface area contributed by atoms with Crippen LogP contribution in [0.4, 0.5) is 5.69 Å². The van der Waals surface area contributed by atoms with Gasteiger partial charge in [-0.2, -0.15) is 0 Å². The summed E-state index contributed by atoms with van der Waals surface area (Å²) in [6.07, 6.45) is 1.04. The van der Waals surface area contributed by atoms with Crippen molar-refractivity contribution in [2.24, 2.45) is 0 Å². The second kappa shape index (κ2) is 3.24. The van der Waals surface area contributed by atoms with Gasteiger partial charge in [0.15, 0.2) is 0 Å². The molecule has 0 amide bonds. The van der Waals surface area contributed by atoms with Crippen molar-refractivity contribution in [2.75, 3.05) is 5.73 Å². The van der Waals surface area contributed by atoms with Gasteiger partial charge in [-0.15, -0.1) is 24.0 Å². The summed E-state index contributed by atoms with van der Waals surface area (Å²) in [5.74, 6) is 0. The van der Waals surface area contributed by atoms with E-state index in [1.54, 1.807) is 11.3 Å². The van der Waals surface area contributed by atoms with E-state index in [1.807, 2.05) is 12.1 Å². The number of nitrogen functional groups attached to an aromatic ring is 1. The molecule has 3 heteroatoms. The molecule has 13 heavy (non-hydrogen) atoms. The molecular formula is C10H11NS2. The van der Waals surface area contributed by atoms with Crippen molar-refractivity contribution in [3.05, 3.63) is 23.1 Å². The van der Waals surface area contributed by atoms with Crippen molar-refractivity contribution in [3.63, 3.8) is 0 Å². The van der Waals surface area contributed by atoms with Crippen LogP contribution >= 0.6 is 24.0 Å². The third-order valence-electron chi connectivity index (χ3n) is 2.08. The number of hydrogen-bond acceptors (Lipinski definition) is 3. The summed E-state index contributed by atoms with van der Waals surface area (Å²) in [4.78, 5) is 2.43. The quantitative estimate of drug-likeness (QED) is 0.547. The topological polar surface area (TPSA) is 26.0 Å². The average molecular weight is 209 g/mol. The minimum Gasteiger partial charge on any atom is -0.399 e. The molecule has 0 saturated carbocycles. The molecule has 0 saturated heterocycles. The maximum absolute atomic E-state index is 5.71. The molecule has 0 radical (unpaired) electrons. The number of thiophene rings is 1. The Morgan fingerprint density at radius 3 is 2.92 bits per heavy atom. The monoisotopic (exact) mass is 209 g/mol. The molecule has 0 fully saturated rings. The molecule has 0 unspecified atom stereocenters. The van der Waals surface area contributed by atoms with Crippen LogP contribution in [0, 0.1) is 0 Å². The van der Waals surface area contributed by atoms with E-state index in [9.17, 15) is 0 Å². The van der Waals surface area contributed by atoms with Gasteiger partial charge < -0.3 is 5.73 Å². The van der Waals surface area contributed by atoms with Crippen LogP contribution in [0.15, 0.2) is 23.1 Å². The average Bonchev–Trinajstić information content (AvgIpc) is 2.44. The van der Waals surface area contributed by atoms with E-state index >= 15 is 0 Å². The summed E-state index contributed by atoms with van der Waals surface area (Å²) in [5, 5.41) is 1.19. The van der Waals surface area contributed by atoms with Crippen LogP contribution in [0.5, 0.6) is 0 Å². The minimum absolute atomic E-state index is 0.809. The first kappa shape index (κ1) is 8.91. The van der Waals surface area contributed by atoms with Gasteiger partial charge in [0.05, 0.1) is 0 Å². The SMILES string of the molecule is CCc1sc2ccc(N)cc2c1S. The fourth-order valence-corrected chi connectivity index (χ4v) is 2.97. The van der Waals surface area contributed by atoms with Gasteiger partial charge in [-0.3, -0.25) is 0 Å². The van der Waals surface area contributed by atoms with E-state index in [0.29, 0.717) is 0 Å². The predicted molar refractivity (Wildman–Crippen MR) is 62.9 cm³/mol. The number of hydrogen-bond donors (Lipinski definition) is 2. The summed E-state index contributed by atoms with van der Waals surface area (Å²) >= 11 is 6.30. The van der Waals surface area contributed by atoms with E-state index in [2.05, 4.69) is 25.6 Å². The first-order valence-electron chi connectivity index (χ1n) is 4.22. The first-order valence-corrected chi connectivity index (χ1v) is 5.48. The van der Waals surface area contributed by atoms with Crippen LogP contribution < -0.4 is 5.73 Å². The van der Waals surface area contributed by atoms with Crippen LogP contribution in [0.3, 0.4) is 0 Å². The highest BCUT2D eigenvalue weighted by atomic mass is 32.1. The van der Waals surface area contributed by atoms with Crippen LogP contribution in [0.25, 0.3) is 10.1 Å². The minimum atomic E-state index is 0.809. The van der Waals surface area contributed by atoms with E-state index in [1.165, 1.54) is 15.0 Å². The van der Waals surface area contributed by atoms with Gasteiger partial charge >= 0.3 is 0 Å². The van der Waals surface area contributed by atoms with Crippen LogP contribution in [0.2, 0.25) is 0 Å². The third-order valence-corrected chi connectivity index (χ3v) is 4.05. The Labute approximate surface area is 87.0 Å². The van der Waals surface area contributed by atoms with Gasteiger partial charge in [0.2, 0.25) is 0 Å². The molecule has 1 aromatic carbocycles. The lowest BCUT2D eigenvalue weighted by Gasteiger charge is -1.94. The Morgan fingerprint density at radius 2 is 2.23 bits per heavy atom. The van der Waals surface area contributed by atoms with Gasteiger partial charge in [0.25, 0.3) is 0 Å². The summed E-state index contributed by atoms with van der Waals surface area (Å²) in [7, 11) is 0. The van der Waals surface area contributed by atoms with Gasteiger partial charge in [0.1, 0.15) is 0 Å². The molecule has 2 N–H and O–H groups in total. The third kappa shape index (κ3) is 1.42. The van der Waals surface area contributed by atoms with Gasteiger partial charge in [0, 0.05) is 25.5 Å². The highest BCUT2D eigenvalue weighted by Gasteiger charge is 2.06. The zero-order valence-corrected chi connectivity index (χ0v) is 9.08. The lowest BCUT2D eigenvalue weighted by Crippen LogP contribution is -1.81. The molecule has 1 nitrogen and oxygen atoms in total. The molecule has 0 aliphatic carbocycles. The van der Waals surface area contributed by atoms with Gasteiger partial charge in [-0.25, -0.2) is 0 Å². The summed E-state index contributed by atoms with van der Waals surface area (Å²) < 4.78 is 1.27. The number of anilines is 1. The molecule has 1 heterocycles. The van der Waals surface area contributed by atoms with Crippen molar-refractivity contribution < 1.29 is 0 Å². The lowest BCUT2D eigenvalue weighted by molar-refractivity contribution is 1.15. The number of fused-ring (bicyclic) bond motifs is 1. The van der Waals surface area contributed by atoms with Crippen LogP contribution in [-0.2, 0) is 6.42 Å². The Balaban J connectivity index is 2.77. The molecule has 1 aromatic heterocycles. The predicted octanol–water partition coefficient (Wildman–Crippen LogP) is 3.33. The van der Waals surface area contributed by atoms with E-state index < -0.39 is 0 Å². The Hall–Kier alpha value is -0.670. The van der Waals surface area contributed by atoms with E-state index in [-0.39, 0.29) is 0 Å². The maximum atomic E-state index is 5.71. The summed E-state index contributed by atoms with van der Waals surface area (Å²) in [6, 6.07) is 5.99. The molecule has 2 aromatic rings. The van der Waals surface area contributed by atoms with Gasteiger partial charge in [-0.1, -0.05) is 6.92 Å². The Kier molecular flexibility index (Phi) is 2.22. The Morgan fingerprint density at radius 1 is 1.46 bits per heavy atom. The fourth-order valence-electron chi connectivity index (χ4n) is 1.39. The molecule has 0 bridgehead atoms. The first-order chi connectivity index (χ1) is 6.22. The zero-order chi connectivity index (χ0) is 9.42. The molecule has 0 spiro atoms. The number of rotatable bonds is 1. The largest absolute Gasteiger partial charge is 0.399 e. The van der Waals surface area contributed by atoms with Crippen LogP contribution in [-0.4, -0.2) is 0 Å². The number of benzene rings is 1. The van der Waals surface area contributed by atoms with Crippen molar-refractivity contribution in [3.8, 4) is 0 Å². The second-order valence-corrected chi connectivity index (χ2v) is 4.57. The number of aryl methyl sites for hydroxylation is 1. The number of thiol groups is 1. The fraction of sp³-hybridized carbons (Fsp3) is 0.200. The molecule has 68 valence electrons. The summed E-state index contributed by atoms with van der Waals surface area (Å²) in [6.45, 7) is 2.15. The molecular weight excluding hydrogens is 198 g/mol. The molecule has 2 rings (SSSR count). The van der Waals surface area contributed by atoms with Crippen LogP contribution in [0.1, 0.15) is 11.8 Å². The smallest absolute Gasteiger partial charge is 0.0358 e. The highest BCUT2D eigenvalue weighted by Crippen LogP contribution is 2.35. The van der Waals surface area contributed by atoms with Crippen molar-refractivity contribution in [1.82, 2.24) is 0 Å². The van der Waals surface area contributed by atoms with Crippen molar-refractivity contribution in [2.45, 2.75) is 18.2 Å². The normalized spacial score (nSPS) is 10.9. The van der Waals surface area contributed by atoms with Crippen molar-refractivity contribution in [1.29, 1.82) is 0 Å². The summed E-state index contributed by atoms with van der Waals surface area (Å²) in [5.41, 5.74) is 6.52. The standard InChI is InChI=1S/C10H11NS2/c1-2-8-10(12)7-5-6(11)3-4-9(7)13-8/h3-5,12H,2,11H2,1H3. The second-order valence-electron chi connectivity index (χ2n) is 2.98. The van der Waals surface area contributed by atoms with Gasteiger partial charge in [-0.05, 0) is 24.6 Å². The van der Waals surface area contributed by atoms with Crippen molar-refractivity contribution >= 4 is 39.7 Å². The molecule has 0 aliphatic heterocycles. The molecule has 0 atom stereocenters. The zero-order valence-electron chi connectivity index (χ0n) is 7.37. The van der Waals surface area contributed by atoms with E-state index in [0.717, 1.165) is 17.0 Å². The highest BCUT2D eigenvalue weighted by molar-refractivity contribution is 7.80. The number of nitrogens with two attached hydrogens (primary N) is 1. The Bertz CT molecular complexity index is 445. The lowest BCUT2D eigenvalue weighted by atomic mass is 10.2.